The Balaban J connectivity index is 2.52. The number of hydroxylamine groups is 2. The predicted molar refractivity (Wildman–Crippen MR) is 36.4 cm³/mol. The van der Waals surface area contributed by atoms with E-state index in [2.05, 4.69) is 13.8 Å². The fraction of sp³-hybridized carbons (Fsp3) is 1.00. The van der Waals surface area contributed by atoms with Gasteiger partial charge in [-0.15, -0.1) is 0 Å². The minimum absolute atomic E-state index is 0.139. The van der Waals surface area contributed by atoms with E-state index in [4.69, 9.17) is 5.21 Å². The summed E-state index contributed by atoms with van der Waals surface area (Å²) in [5.74, 6) is 0.576. The van der Waals surface area contributed by atoms with Gasteiger partial charge in [0.15, 0.2) is 0 Å². The quantitative estimate of drug-likeness (QED) is 0.571. The lowest BCUT2D eigenvalue weighted by Crippen LogP contribution is -2.35. The lowest BCUT2D eigenvalue weighted by Gasteiger charge is -2.25. The fourth-order valence-corrected chi connectivity index (χ4v) is 1.40. The molecule has 0 bridgehead atoms. The van der Waals surface area contributed by atoms with Crippen LogP contribution in [0, 0.1) is 5.92 Å². The smallest absolute Gasteiger partial charge is 0.0481 e. The molecule has 1 aliphatic rings. The Morgan fingerprint density at radius 2 is 1.89 bits per heavy atom. The molecular formula is C7H15NO. The van der Waals surface area contributed by atoms with Gasteiger partial charge in [-0.3, -0.25) is 0 Å². The highest BCUT2D eigenvalue weighted by molar-refractivity contribution is 5.02. The standard InChI is InChI=1S/C7H15NO/c1-6(2)7(4-5-7)8(3)9/h6,9H,4-5H2,1-3H3. The van der Waals surface area contributed by atoms with E-state index in [0.29, 0.717) is 5.92 Å². The average Bonchev–Trinajstić information content (AvgIpc) is 2.40. The van der Waals surface area contributed by atoms with Gasteiger partial charge >= 0.3 is 0 Å². The molecule has 2 heteroatoms. The Bertz CT molecular complexity index is 95.5. The van der Waals surface area contributed by atoms with Crippen molar-refractivity contribution in [1.82, 2.24) is 5.06 Å². The third-order valence-corrected chi connectivity index (χ3v) is 2.48. The second-order valence-corrected chi connectivity index (χ2v) is 3.28. The van der Waals surface area contributed by atoms with Crippen molar-refractivity contribution in [1.29, 1.82) is 0 Å². The van der Waals surface area contributed by atoms with E-state index in [0.717, 1.165) is 12.8 Å². The van der Waals surface area contributed by atoms with Crippen LogP contribution in [0.1, 0.15) is 26.7 Å². The molecule has 0 atom stereocenters. The summed E-state index contributed by atoms with van der Waals surface area (Å²) in [4.78, 5) is 0. The first kappa shape index (κ1) is 7.03. The molecule has 1 N–H and O–H groups in total. The van der Waals surface area contributed by atoms with Crippen LogP contribution in [0.15, 0.2) is 0 Å². The second-order valence-electron chi connectivity index (χ2n) is 3.28. The third kappa shape index (κ3) is 0.970. The van der Waals surface area contributed by atoms with Gasteiger partial charge in [0, 0.05) is 12.6 Å². The zero-order valence-corrected chi connectivity index (χ0v) is 6.39. The van der Waals surface area contributed by atoms with Gasteiger partial charge < -0.3 is 5.21 Å². The molecule has 0 aromatic carbocycles. The lowest BCUT2D eigenvalue weighted by molar-refractivity contribution is -0.128. The van der Waals surface area contributed by atoms with Gasteiger partial charge in [-0.2, -0.15) is 5.06 Å². The summed E-state index contributed by atoms with van der Waals surface area (Å²) in [6.07, 6.45) is 2.30. The lowest BCUT2D eigenvalue weighted by atomic mass is 10.0. The molecule has 1 fully saturated rings. The van der Waals surface area contributed by atoms with Crippen LogP contribution in [0.3, 0.4) is 0 Å². The van der Waals surface area contributed by atoms with Crippen molar-refractivity contribution in [3.63, 3.8) is 0 Å². The summed E-state index contributed by atoms with van der Waals surface area (Å²) in [5.41, 5.74) is 0.139. The first-order chi connectivity index (χ1) is 4.09. The summed E-state index contributed by atoms with van der Waals surface area (Å²) in [7, 11) is 1.74. The van der Waals surface area contributed by atoms with Crippen molar-refractivity contribution in [2.45, 2.75) is 32.2 Å². The van der Waals surface area contributed by atoms with Gasteiger partial charge in [-0.1, -0.05) is 13.8 Å². The van der Waals surface area contributed by atoms with E-state index in [-0.39, 0.29) is 5.54 Å². The van der Waals surface area contributed by atoms with Crippen molar-refractivity contribution in [3.8, 4) is 0 Å². The molecule has 0 radical (unpaired) electrons. The highest BCUT2D eigenvalue weighted by Gasteiger charge is 2.48. The number of hydrogen-bond acceptors (Lipinski definition) is 2. The average molecular weight is 129 g/mol. The molecule has 0 unspecified atom stereocenters. The SMILES string of the molecule is CC(C)C1(N(C)O)CC1. The molecule has 0 saturated heterocycles. The Hall–Kier alpha value is -0.0800. The molecule has 0 aromatic heterocycles. The molecule has 1 rings (SSSR count). The van der Waals surface area contributed by atoms with Crippen LogP contribution in [-0.4, -0.2) is 22.9 Å². The molecule has 0 amide bonds. The van der Waals surface area contributed by atoms with Crippen LogP contribution in [0.2, 0.25) is 0 Å². The van der Waals surface area contributed by atoms with Gasteiger partial charge in [0.25, 0.3) is 0 Å². The van der Waals surface area contributed by atoms with Crippen LogP contribution in [-0.2, 0) is 0 Å². The van der Waals surface area contributed by atoms with Crippen LogP contribution in [0.5, 0.6) is 0 Å². The molecular weight excluding hydrogens is 114 g/mol. The summed E-state index contributed by atoms with van der Waals surface area (Å²) in [5, 5.41) is 10.5. The molecule has 2 nitrogen and oxygen atoms in total. The minimum atomic E-state index is 0.139. The van der Waals surface area contributed by atoms with Crippen molar-refractivity contribution in [2.75, 3.05) is 7.05 Å². The Labute approximate surface area is 56.4 Å². The van der Waals surface area contributed by atoms with Crippen LogP contribution < -0.4 is 0 Å². The Morgan fingerprint density at radius 1 is 1.44 bits per heavy atom. The van der Waals surface area contributed by atoms with Gasteiger partial charge in [-0.05, 0) is 18.8 Å². The van der Waals surface area contributed by atoms with E-state index < -0.39 is 0 Å². The molecule has 0 aromatic rings. The summed E-state index contributed by atoms with van der Waals surface area (Å²) < 4.78 is 0. The van der Waals surface area contributed by atoms with Gasteiger partial charge in [-0.25, -0.2) is 0 Å². The minimum Gasteiger partial charge on any atom is -0.314 e. The van der Waals surface area contributed by atoms with E-state index in [9.17, 15) is 0 Å². The molecule has 0 heterocycles. The Morgan fingerprint density at radius 3 is 1.89 bits per heavy atom. The van der Waals surface area contributed by atoms with Crippen molar-refractivity contribution < 1.29 is 5.21 Å². The van der Waals surface area contributed by atoms with Crippen molar-refractivity contribution >= 4 is 0 Å². The Kier molecular flexibility index (Phi) is 1.53. The van der Waals surface area contributed by atoms with Gasteiger partial charge in [0.05, 0.1) is 0 Å². The first-order valence-electron chi connectivity index (χ1n) is 3.52. The monoisotopic (exact) mass is 129 g/mol. The molecule has 1 aliphatic carbocycles. The van der Waals surface area contributed by atoms with E-state index in [1.165, 1.54) is 5.06 Å². The number of nitrogens with zero attached hydrogens (tertiary/aromatic N) is 1. The summed E-state index contributed by atoms with van der Waals surface area (Å²) in [6.45, 7) is 4.30. The number of rotatable bonds is 2. The second kappa shape index (κ2) is 1.96. The third-order valence-electron chi connectivity index (χ3n) is 2.48. The topological polar surface area (TPSA) is 23.5 Å². The zero-order valence-electron chi connectivity index (χ0n) is 6.39. The number of hydrogen-bond donors (Lipinski definition) is 1. The maximum Gasteiger partial charge on any atom is 0.0481 e. The van der Waals surface area contributed by atoms with E-state index in [1.54, 1.807) is 7.05 Å². The van der Waals surface area contributed by atoms with Crippen LogP contribution >= 0.6 is 0 Å². The summed E-state index contributed by atoms with van der Waals surface area (Å²) in [6, 6.07) is 0. The molecule has 54 valence electrons. The molecule has 0 spiro atoms. The van der Waals surface area contributed by atoms with E-state index in [1.807, 2.05) is 0 Å². The highest BCUT2D eigenvalue weighted by atomic mass is 16.5. The molecule has 0 aliphatic heterocycles. The van der Waals surface area contributed by atoms with E-state index >= 15 is 0 Å². The first-order valence-corrected chi connectivity index (χ1v) is 3.52. The van der Waals surface area contributed by atoms with Crippen LogP contribution in [0.25, 0.3) is 0 Å². The molecule has 9 heavy (non-hydrogen) atoms. The van der Waals surface area contributed by atoms with Gasteiger partial charge in [0.1, 0.15) is 0 Å². The van der Waals surface area contributed by atoms with Gasteiger partial charge in [0.2, 0.25) is 0 Å². The van der Waals surface area contributed by atoms with Crippen molar-refractivity contribution in [3.05, 3.63) is 0 Å². The largest absolute Gasteiger partial charge is 0.314 e. The highest BCUT2D eigenvalue weighted by Crippen LogP contribution is 2.45. The summed E-state index contributed by atoms with van der Waals surface area (Å²) >= 11 is 0. The zero-order chi connectivity index (χ0) is 7.07. The maximum atomic E-state index is 9.15. The normalized spacial score (nSPS) is 23.3. The predicted octanol–water partition coefficient (Wildman–Crippen LogP) is 1.50. The fourth-order valence-electron chi connectivity index (χ4n) is 1.40. The van der Waals surface area contributed by atoms with Crippen LogP contribution in [0.4, 0.5) is 0 Å². The van der Waals surface area contributed by atoms with Crippen molar-refractivity contribution in [2.24, 2.45) is 5.92 Å². The molecule has 1 saturated carbocycles. The maximum absolute atomic E-state index is 9.15.